The summed E-state index contributed by atoms with van der Waals surface area (Å²) < 4.78 is 4.97. The molecule has 0 aliphatic rings. The number of amides is 2. The first-order chi connectivity index (χ1) is 9.16. The molecule has 2 heterocycles. The minimum absolute atomic E-state index is 0.0802. The third-order valence-electron chi connectivity index (χ3n) is 2.82. The van der Waals surface area contributed by atoms with Gasteiger partial charge >= 0.3 is 6.03 Å². The monoisotopic (exact) mass is 279 g/mol. The highest BCUT2D eigenvalue weighted by Crippen LogP contribution is 2.12. The summed E-state index contributed by atoms with van der Waals surface area (Å²) in [5, 5.41) is 2.90. The second-order valence-electron chi connectivity index (χ2n) is 4.33. The Morgan fingerprint density at radius 2 is 2.42 bits per heavy atom. The standard InChI is InChI=1S/C13H17N3O2S/c1-10-12(19-9-15-10)3-5-14-13(17)16(2)7-11-4-6-18-8-11/h4,6,8-9H,3,5,7H2,1-2H3,(H,14,17). The lowest BCUT2D eigenvalue weighted by Crippen LogP contribution is -2.37. The first kappa shape index (κ1) is 13.6. The SMILES string of the molecule is Cc1ncsc1CCNC(=O)N(C)Cc1ccoc1. The molecule has 6 heteroatoms. The highest BCUT2D eigenvalue weighted by atomic mass is 32.1. The Hall–Kier alpha value is -1.82. The molecule has 2 amide bonds. The second-order valence-corrected chi connectivity index (χ2v) is 5.27. The van der Waals surface area contributed by atoms with E-state index in [4.69, 9.17) is 4.42 Å². The van der Waals surface area contributed by atoms with Crippen molar-refractivity contribution in [3.8, 4) is 0 Å². The molecular formula is C13H17N3O2S. The number of carbonyl (C=O) groups is 1. The molecule has 0 fully saturated rings. The molecule has 2 aromatic heterocycles. The number of aromatic nitrogens is 1. The molecule has 0 saturated carbocycles. The van der Waals surface area contributed by atoms with Crippen molar-refractivity contribution in [3.63, 3.8) is 0 Å². The van der Waals surface area contributed by atoms with E-state index in [1.54, 1.807) is 35.8 Å². The average molecular weight is 279 g/mol. The van der Waals surface area contributed by atoms with Crippen molar-refractivity contribution in [2.75, 3.05) is 13.6 Å². The molecule has 0 saturated heterocycles. The fourth-order valence-electron chi connectivity index (χ4n) is 1.71. The van der Waals surface area contributed by atoms with Crippen LogP contribution in [-0.4, -0.2) is 29.5 Å². The Labute approximate surface area is 116 Å². The maximum absolute atomic E-state index is 11.9. The van der Waals surface area contributed by atoms with Gasteiger partial charge in [0.25, 0.3) is 0 Å². The van der Waals surface area contributed by atoms with Crippen LogP contribution in [0.25, 0.3) is 0 Å². The molecule has 0 aromatic carbocycles. The molecule has 0 spiro atoms. The minimum Gasteiger partial charge on any atom is -0.472 e. The number of carbonyl (C=O) groups excluding carboxylic acids is 1. The number of urea groups is 1. The fourth-order valence-corrected chi connectivity index (χ4v) is 2.49. The molecule has 0 aliphatic heterocycles. The Balaban J connectivity index is 1.73. The van der Waals surface area contributed by atoms with E-state index in [9.17, 15) is 4.79 Å². The smallest absolute Gasteiger partial charge is 0.317 e. The van der Waals surface area contributed by atoms with Gasteiger partial charge in [0, 0.05) is 30.5 Å². The summed E-state index contributed by atoms with van der Waals surface area (Å²) in [6.07, 6.45) is 4.07. The molecule has 102 valence electrons. The predicted octanol–water partition coefficient (Wildman–Crippen LogP) is 2.43. The lowest BCUT2D eigenvalue weighted by atomic mass is 10.3. The molecule has 0 bridgehead atoms. The van der Waals surface area contributed by atoms with Gasteiger partial charge < -0.3 is 14.6 Å². The summed E-state index contributed by atoms with van der Waals surface area (Å²) in [7, 11) is 1.76. The summed E-state index contributed by atoms with van der Waals surface area (Å²) in [4.78, 5) is 18.9. The number of nitrogens with zero attached hydrogens (tertiary/aromatic N) is 2. The van der Waals surface area contributed by atoms with Crippen molar-refractivity contribution in [1.82, 2.24) is 15.2 Å². The third-order valence-corrected chi connectivity index (χ3v) is 3.81. The van der Waals surface area contributed by atoms with Crippen LogP contribution in [0.5, 0.6) is 0 Å². The van der Waals surface area contributed by atoms with Crippen molar-refractivity contribution in [3.05, 3.63) is 40.2 Å². The van der Waals surface area contributed by atoms with E-state index in [1.807, 2.05) is 18.5 Å². The van der Waals surface area contributed by atoms with Crippen LogP contribution in [0.1, 0.15) is 16.1 Å². The van der Waals surface area contributed by atoms with Crippen molar-refractivity contribution >= 4 is 17.4 Å². The van der Waals surface area contributed by atoms with Crippen LogP contribution < -0.4 is 5.32 Å². The maximum Gasteiger partial charge on any atom is 0.317 e. The number of furan rings is 1. The largest absolute Gasteiger partial charge is 0.472 e. The van der Waals surface area contributed by atoms with E-state index < -0.39 is 0 Å². The summed E-state index contributed by atoms with van der Waals surface area (Å²) >= 11 is 1.62. The van der Waals surface area contributed by atoms with Gasteiger partial charge in [-0.15, -0.1) is 11.3 Å². The second kappa shape index (κ2) is 6.38. The van der Waals surface area contributed by atoms with E-state index in [1.165, 1.54) is 4.88 Å². The normalized spacial score (nSPS) is 10.4. The third kappa shape index (κ3) is 3.82. The fraction of sp³-hybridized carbons (Fsp3) is 0.385. The molecule has 0 aliphatic carbocycles. The summed E-state index contributed by atoms with van der Waals surface area (Å²) in [5.41, 5.74) is 3.86. The van der Waals surface area contributed by atoms with Gasteiger partial charge in [0.1, 0.15) is 0 Å². The number of aryl methyl sites for hydroxylation is 1. The van der Waals surface area contributed by atoms with E-state index in [0.29, 0.717) is 13.1 Å². The molecule has 0 radical (unpaired) electrons. The summed E-state index contributed by atoms with van der Waals surface area (Å²) in [6.45, 7) is 3.15. The zero-order chi connectivity index (χ0) is 13.7. The zero-order valence-electron chi connectivity index (χ0n) is 11.0. The summed E-state index contributed by atoms with van der Waals surface area (Å²) in [5.74, 6) is 0. The quantitative estimate of drug-likeness (QED) is 0.914. The number of nitrogens with one attached hydrogen (secondary N) is 1. The lowest BCUT2D eigenvalue weighted by Gasteiger charge is -2.16. The highest BCUT2D eigenvalue weighted by molar-refractivity contribution is 7.09. The molecule has 1 N–H and O–H groups in total. The van der Waals surface area contributed by atoms with Crippen molar-refractivity contribution in [1.29, 1.82) is 0 Å². The molecule has 0 unspecified atom stereocenters. The van der Waals surface area contributed by atoms with Crippen molar-refractivity contribution < 1.29 is 9.21 Å². The number of hydrogen-bond donors (Lipinski definition) is 1. The van der Waals surface area contributed by atoms with Gasteiger partial charge in [-0.3, -0.25) is 0 Å². The highest BCUT2D eigenvalue weighted by Gasteiger charge is 2.09. The van der Waals surface area contributed by atoms with E-state index in [-0.39, 0.29) is 6.03 Å². The Bertz CT molecular complexity index is 522. The number of rotatable bonds is 5. The van der Waals surface area contributed by atoms with Gasteiger partial charge in [-0.2, -0.15) is 0 Å². The lowest BCUT2D eigenvalue weighted by molar-refractivity contribution is 0.207. The molecule has 2 rings (SSSR count). The first-order valence-corrected chi connectivity index (χ1v) is 6.94. The Morgan fingerprint density at radius 1 is 1.58 bits per heavy atom. The maximum atomic E-state index is 11.9. The van der Waals surface area contributed by atoms with E-state index in [2.05, 4.69) is 10.3 Å². The Kier molecular flexibility index (Phi) is 4.57. The van der Waals surface area contributed by atoms with Gasteiger partial charge in [0.15, 0.2) is 0 Å². The number of thiazole rings is 1. The predicted molar refractivity (Wildman–Crippen MR) is 74.1 cm³/mol. The molecule has 5 nitrogen and oxygen atoms in total. The van der Waals surface area contributed by atoms with Gasteiger partial charge in [0.05, 0.1) is 30.3 Å². The molecular weight excluding hydrogens is 262 g/mol. The van der Waals surface area contributed by atoms with Crippen LogP contribution in [0.3, 0.4) is 0 Å². The van der Waals surface area contributed by atoms with Gasteiger partial charge in [-0.1, -0.05) is 0 Å². The van der Waals surface area contributed by atoms with Gasteiger partial charge in [-0.25, -0.2) is 9.78 Å². The zero-order valence-corrected chi connectivity index (χ0v) is 11.9. The van der Waals surface area contributed by atoms with Crippen LogP contribution in [0, 0.1) is 6.92 Å². The molecule has 2 aromatic rings. The average Bonchev–Trinajstić information content (AvgIpc) is 3.02. The van der Waals surface area contributed by atoms with Gasteiger partial charge in [0.2, 0.25) is 0 Å². The molecule has 0 atom stereocenters. The molecule has 19 heavy (non-hydrogen) atoms. The van der Waals surface area contributed by atoms with Crippen LogP contribution in [0.4, 0.5) is 4.79 Å². The topological polar surface area (TPSA) is 58.4 Å². The minimum atomic E-state index is -0.0802. The van der Waals surface area contributed by atoms with Crippen LogP contribution in [0.2, 0.25) is 0 Å². The number of hydrogen-bond acceptors (Lipinski definition) is 4. The van der Waals surface area contributed by atoms with Crippen molar-refractivity contribution in [2.45, 2.75) is 19.9 Å². The van der Waals surface area contributed by atoms with E-state index >= 15 is 0 Å². The van der Waals surface area contributed by atoms with Crippen molar-refractivity contribution in [2.24, 2.45) is 0 Å². The van der Waals surface area contributed by atoms with Crippen LogP contribution in [0.15, 0.2) is 28.5 Å². The first-order valence-electron chi connectivity index (χ1n) is 6.06. The Morgan fingerprint density at radius 3 is 3.05 bits per heavy atom. The van der Waals surface area contributed by atoms with E-state index in [0.717, 1.165) is 17.7 Å². The van der Waals surface area contributed by atoms with Crippen LogP contribution in [-0.2, 0) is 13.0 Å². The van der Waals surface area contributed by atoms with Crippen LogP contribution >= 0.6 is 11.3 Å². The van der Waals surface area contributed by atoms with Gasteiger partial charge in [-0.05, 0) is 13.0 Å². The summed E-state index contributed by atoms with van der Waals surface area (Å²) in [6, 6.07) is 1.77.